The molecule has 1 unspecified atom stereocenters. The van der Waals surface area contributed by atoms with Gasteiger partial charge in [-0.15, -0.1) is 0 Å². The maximum absolute atomic E-state index is 13.0. The number of hydrogen-bond acceptors (Lipinski definition) is 3. The molecule has 0 spiro atoms. The van der Waals surface area contributed by atoms with Crippen LogP contribution in [0.25, 0.3) is 10.9 Å². The number of rotatable bonds is 3. The molecule has 5 rings (SSSR count). The maximum Gasteiger partial charge on any atom is 0.224 e. The first kappa shape index (κ1) is 19.1. The van der Waals surface area contributed by atoms with Crippen molar-refractivity contribution < 1.29 is 9.90 Å². The summed E-state index contributed by atoms with van der Waals surface area (Å²) in [6.45, 7) is 5.28. The van der Waals surface area contributed by atoms with Gasteiger partial charge in [-0.1, -0.05) is 12.1 Å². The predicted molar refractivity (Wildman–Crippen MR) is 115 cm³/mol. The average Bonchev–Trinajstić information content (AvgIpc) is 3.27. The van der Waals surface area contributed by atoms with Gasteiger partial charge in [0, 0.05) is 41.6 Å². The van der Waals surface area contributed by atoms with Gasteiger partial charge in [0.1, 0.15) is 0 Å². The Morgan fingerprint density at radius 2 is 2.10 bits per heavy atom. The molecule has 5 heteroatoms. The van der Waals surface area contributed by atoms with Gasteiger partial charge >= 0.3 is 0 Å². The van der Waals surface area contributed by atoms with E-state index in [0.717, 1.165) is 38.6 Å². The van der Waals surface area contributed by atoms with Crippen molar-refractivity contribution in [3.63, 3.8) is 0 Å². The Balaban J connectivity index is 1.45. The lowest BCUT2D eigenvalue weighted by atomic mass is 9.72. The van der Waals surface area contributed by atoms with Crippen molar-refractivity contribution in [3.05, 3.63) is 35.5 Å². The molecule has 2 aliphatic carbocycles. The van der Waals surface area contributed by atoms with E-state index < -0.39 is 0 Å². The van der Waals surface area contributed by atoms with Crippen molar-refractivity contribution >= 4 is 16.8 Å². The van der Waals surface area contributed by atoms with Crippen molar-refractivity contribution in [2.45, 2.75) is 76.1 Å². The van der Waals surface area contributed by atoms with Crippen molar-refractivity contribution in [2.24, 2.45) is 5.92 Å². The van der Waals surface area contributed by atoms with Gasteiger partial charge in [-0.2, -0.15) is 0 Å². The second-order valence-electron chi connectivity index (χ2n) is 9.76. The summed E-state index contributed by atoms with van der Waals surface area (Å²) >= 11 is 0. The minimum Gasteiger partial charge on any atom is -0.391 e. The second kappa shape index (κ2) is 7.13. The highest BCUT2D eigenvalue weighted by molar-refractivity contribution is 5.89. The van der Waals surface area contributed by atoms with E-state index in [4.69, 9.17) is 0 Å². The summed E-state index contributed by atoms with van der Waals surface area (Å²) in [7, 11) is 2.17. The molecule has 2 fully saturated rings. The van der Waals surface area contributed by atoms with Crippen LogP contribution in [0.5, 0.6) is 0 Å². The molecule has 2 aromatic rings. The molecule has 5 nitrogen and oxygen atoms in total. The number of hydrogen-bond donors (Lipinski definition) is 2. The normalized spacial score (nSPS) is 32.0. The van der Waals surface area contributed by atoms with Gasteiger partial charge in [0.25, 0.3) is 0 Å². The van der Waals surface area contributed by atoms with Crippen molar-refractivity contribution in [2.75, 3.05) is 13.6 Å². The molecular weight excluding hydrogens is 362 g/mol. The number of amides is 1. The van der Waals surface area contributed by atoms with Gasteiger partial charge in [0.15, 0.2) is 0 Å². The molecule has 1 aromatic carbocycles. The van der Waals surface area contributed by atoms with Gasteiger partial charge in [0.2, 0.25) is 5.91 Å². The minimum absolute atomic E-state index is 0.0157. The summed E-state index contributed by atoms with van der Waals surface area (Å²) in [4.78, 5) is 15.4. The standard InChI is InChI=1S/C24H33N3O2/c1-14(2)27-13-15-11-21-18(17-6-4-8-20(27)23(15)17)10-16(12-26(21)3)24(29)25-19-7-5-9-22(19)28/h4,6,8,13-14,16,18-19,21-22,28H,5,7,9-12H2,1-3H3,(H,25,29)/t16?,18-,19+,21-,22-/m1/s1. The molecule has 1 aromatic heterocycles. The fourth-order valence-electron chi connectivity index (χ4n) is 6.10. The Morgan fingerprint density at radius 1 is 1.28 bits per heavy atom. The molecule has 156 valence electrons. The summed E-state index contributed by atoms with van der Waals surface area (Å²) in [5.41, 5.74) is 4.20. The second-order valence-corrected chi connectivity index (χ2v) is 9.76. The largest absolute Gasteiger partial charge is 0.391 e. The first-order chi connectivity index (χ1) is 13.9. The van der Waals surface area contributed by atoms with Crippen LogP contribution < -0.4 is 5.32 Å². The molecule has 2 N–H and O–H groups in total. The lowest BCUT2D eigenvalue weighted by Gasteiger charge is -2.45. The van der Waals surface area contributed by atoms with Crippen LogP contribution in [0, 0.1) is 5.92 Å². The Labute approximate surface area is 173 Å². The molecule has 1 aliphatic heterocycles. The monoisotopic (exact) mass is 395 g/mol. The Bertz CT molecular complexity index is 934. The summed E-state index contributed by atoms with van der Waals surface area (Å²) in [6, 6.07) is 7.53. The highest BCUT2D eigenvalue weighted by atomic mass is 16.3. The van der Waals surface area contributed by atoms with Crippen LogP contribution in [0.15, 0.2) is 24.4 Å². The van der Waals surface area contributed by atoms with Crippen molar-refractivity contribution in [1.82, 2.24) is 14.8 Å². The van der Waals surface area contributed by atoms with Crippen LogP contribution in [-0.4, -0.2) is 52.3 Å². The van der Waals surface area contributed by atoms with Gasteiger partial charge in [0.05, 0.1) is 18.1 Å². The van der Waals surface area contributed by atoms with E-state index >= 15 is 0 Å². The molecule has 2 heterocycles. The van der Waals surface area contributed by atoms with E-state index in [-0.39, 0.29) is 24.0 Å². The zero-order chi connectivity index (χ0) is 20.3. The van der Waals surface area contributed by atoms with Gasteiger partial charge in [-0.05, 0) is 70.2 Å². The highest BCUT2D eigenvalue weighted by Crippen LogP contribution is 2.45. The Kier molecular flexibility index (Phi) is 4.71. The maximum atomic E-state index is 13.0. The van der Waals surface area contributed by atoms with Gasteiger partial charge < -0.3 is 19.9 Å². The van der Waals surface area contributed by atoms with E-state index in [9.17, 15) is 9.90 Å². The molecule has 3 aliphatic rings. The van der Waals surface area contributed by atoms with E-state index in [0.29, 0.717) is 18.0 Å². The number of aliphatic hydroxyl groups is 1. The molecule has 0 radical (unpaired) electrons. The van der Waals surface area contributed by atoms with E-state index in [1.54, 1.807) is 0 Å². The molecule has 0 bridgehead atoms. The number of likely N-dealkylation sites (N-methyl/N-ethyl adjacent to an activating group) is 1. The third-order valence-electron chi connectivity index (χ3n) is 7.61. The van der Waals surface area contributed by atoms with Crippen LogP contribution in [0.1, 0.15) is 62.6 Å². The van der Waals surface area contributed by atoms with Crippen molar-refractivity contribution in [3.8, 4) is 0 Å². The number of fused-ring (bicyclic) bond motifs is 2. The zero-order valence-corrected chi connectivity index (χ0v) is 17.8. The number of aliphatic hydroxyl groups excluding tert-OH is 1. The fraction of sp³-hybridized carbons (Fsp3) is 0.625. The Hall–Kier alpha value is -1.85. The lowest BCUT2D eigenvalue weighted by Crippen LogP contribution is -2.53. The highest BCUT2D eigenvalue weighted by Gasteiger charge is 2.42. The number of benzene rings is 1. The number of aromatic nitrogens is 1. The minimum atomic E-state index is -0.380. The molecule has 1 saturated heterocycles. The summed E-state index contributed by atoms with van der Waals surface area (Å²) in [6.07, 6.45) is 6.63. The quantitative estimate of drug-likeness (QED) is 0.839. The smallest absolute Gasteiger partial charge is 0.224 e. The fourth-order valence-corrected chi connectivity index (χ4v) is 6.10. The van der Waals surface area contributed by atoms with Crippen LogP contribution in [0.4, 0.5) is 0 Å². The molecule has 5 atom stereocenters. The van der Waals surface area contributed by atoms with Crippen LogP contribution in [-0.2, 0) is 11.2 Å². The SMILES string of the molecule is CC(C)n1cc2c3c(cccc31)[C@H]1CC(C(=O)N[C@H]3CCC[C@H]3O)CN(C)[C@@H]1C2. The number of carbonyl (C=O) groups excluding carboxylic acids is 1. The first-order valence-electron chi connectivity index (χ1n) is 11.2. The first-order valence-corrected chi connectivity index (χ1v) is 11.2. The van der Waals surface area contributed by atoms with Crippen LogP contribution >= 0.6 is 0 Å². The topological polar surface area (TPSA) is 57.5 Å². The summed E-state index contributed by atoms with van der Waals surface area (Å²) in [5.74, 6) is 0.495. The molecule has 1 saturated carbocycles. The number of nitrogens with one attached hydrogen (secondary N) is 1. The van der Waals surface area contributed by atoms with Crippen LogP contribution in [0.2, 0.25) is 0 Å². The predicted octanol–water partition coefficient (Wildman–Crippen LogP) is 3.21. The number of likely N-dealkylation sites (tertiary alicyclic amines) is 1. The van der Waals surface area contributed by atoms with Gasteiger partial charge in [-0.3, -0.25) is 4.79 Å². The van der Waals surface area contributed by atoms with Crippen LogP contribution in [0.3, 0.4) is 0 Å². The lowest BCUT2D eigenvalue weighted by molar-refractivity contribution is -0.128. The third kappa shape index (κ3) is 3.10. The number of carbonyl (C=O) groups is 1. The number of piperidine rings is 1. The van der Waals surface area contributed by atoms with E-state index in [1.807, 2.05) is 0 Å². The van der Waals surface area contributed by atoms with Crippen molar-refractivity contribution in [1.29, 1.82) is 0 Å². The molecule has 29 heavy (non-hydrogen) atoms. The Morgan fingerprint density at radius 3 is 2.83 bits per heavy atom. The number of nitrogens with zero attached hydrogens (tertiary/aromatic N) is 2. The summed E-state index contributed by atoms with van der Waals surface area (Å²) < 4.78 is 2.40. The van der Waals surface area contributed by atoms with E-state index in [2.05, 4.69) is 60.1 Å². The third-order valence-corrected chi connectivity index (χ3v) is 7.61. The van der Waals surface area contributed by atoms with E-state index in [1.165, 1.54) is 22.0 Å². The zero-order valence-electron chi connectivity index (χ0n) is 17.8. The summed E-state index contributed by atoms with van der Waals surface area (Å²) in [5, 5.41) is 14.7. The average molecular weight is 396 g/mol. The molecule has 1 amide bonds. The van der Waals surface area contributed by atoms with Gasteiger partial charge in [-0.25, -0.2) is 0 Å². The molecular formula is C24H33N3O2.